The van der Waals surface area contributed by atoms with Crippen molar-refractivity contribution in [2.45, 2.75) is 18.4 Å². The highest BCUT2D eigenvalue weighted by molar-refractivity contribution is 7.85. The average molecular weight is 232 g/mol. The van der Waals surface area contributed by atoms with E-state index < -0.39 is 27.3 Å². The van der Waals surface area contributed by atoms with Crippen LogP contribution in [0.3, 0.4) is 0 Å². The SMILES string of the molecule is NC(=O)CC1(CCS(=O)(=O)O)C=CC=N1. The van der Waals surface area contributed by atoms with Crippen LogP contribution in [-0.2, 0) is 14.9 Å². The number of rotatable bonds is 5. The van der Waals surface area contributed by atoms with E-state index in [1.165, 1.54) is 6.21 Å². The highest BCUT2D eigenvalue weighted by Gasteiger charge is 2.31. The quantitative estimate of drug-likeness (QED) is 0.623. The first kappa shape index (κ1) is 11.9. The number of primary amides is 1. The van der Waals surface area contributed by atoms with Gasteiger partial charge in [0.25, 0.3) is 10.1 Å². The Bertz CT molecular complexity index is 398. The fourth-order valence-electron chi connectivity index (χ4n) is 1.40. The Balaban J connectivity index is 2.72. The van der Waals surface area contributed by atoms with Crippen LogP contribution in [0.15, 0.2) is 17.1 Å². The molecule has 0 aromatic heterocycles. The van der Waals surface area contributed by atoms with Crippen LogP contribution in [0.1, 0.15) is 12.8 Å². The molecule has 0 saturated carbocycles. The average Bonchev–Trinajstić information content (AvgIpc) is 2.48. The molecule has 15 heavy (non-hydrogen) atoms. The van der Waals surface area contributed by atoms with Crippen molar-refractivity contribution in [1.82, 2.24) is 0 Å². The number of carbonyl (C=O) groups excluding carboxylic acids is 1. The van der Waals surface area contributed by atoms with E-state index in [2.05, 4.69) is 4.99 Å². The third kappa shape index (κ3) is 3.80. The van der Waals surface area contributed by atoms with Crippen LogP contribution in [0.4, 0.5) is 0 Å². The molecule has 0 aliphatic carbocycles. The second-order valence-electron chi connectivity index (χ2n) is 3.42. The van der Waals surface area contributed by atoms with Crippen LogP contribution < -0.4 is 5.73 Å². The van der Waals surface area contributed by atoms with Gasteiger partial charge in [-0.15, -0.1) is 0 Å². The van der Waals surface area contributed by atoms with Gasteiger partial charge in [0.2, 0.25) is 5.91 Å². The van der Waals surface area contributed by atoms with E-state index in [4.69, 9.17) is 10.3 Å². The number of aliphatic imine (C=N–C) groups is 1. The summed E-state index contributed by atoms with van der Waals surface area (Å²) in [5, 5.41) is 0. The third-order valence-corrected chi connectivity index (χ3v) is 2.82. The molecule has 6 nitrogen and oxygen atoms in total. The van der Waals surface area contributed by atoms with E-state index in [0.29, 0.717) is 0 Å². The maximum absolute atomic E-state index is 10.8. The summed E-state index contributed by atoms with van der Waals surface area (Å²) in [6.07, 6.45) is 4.69. The second kappa shape index (κ2) is 4.11. The minimum Gasteiger partial charge on any atom is -0.370 e. The second-order valence-corrected chi connectivity index (χ2v) is 4.99. The first-order valence-corrected chi connectivity index (χ1v) is 5.90. The molecule has 0 bridgehead atoms. The molecule has 1 atom stereocenters. The van der Waals surface area contributed by atoms with Crippen molar-refractivity contribution in [1.29, 1.82) is 0 Å². The Morgan fingerprint density at radius 3 is 2.60 bits per heavy atom. The van der Waals surface area contributed by atoms with E-state index in [1.54, 1.807) is 12.2 Å². The fraction of sp³-hybridized carbons (Fsp3) is 0.500. The molecule has 0 fully saturated rings. The molecular weight excluding hydrogens is 220 g/mol. The molecule has 0 aromatic rings. The van der Waals surface area contributed by atoms with Gasteiger partial charge >= 0.3 is 0 Å². The zero-order chi connectivity index (χ0) is 11.5. The Morgan fingerprint density at radius 2 is 2.20 bits per heavy atom. The Morgan fingerprint density at radius 1 is 1.53 bits per heavy atom. The molecule has 3 N–H and O–H groups in total. The van der Waals surface area contributed by atoms with Gasteiger partial charge in [0, 0.05) is 6.21 Å². The van der Waals surface area contributed by atoms with E-state index in [-0.39, 0.29) is 12.8 Å². The van der Waals surface area contributed by atoms with Crippen LogP contribution >= 0.6 is 0 Å². The summed E-state index contributed by atoms with van der Waals surface area (Å²) in [7, 11) is -4.05. The lowest BCUT2D eigenvalue weighted by Crippen LogP contribution is -2.31. The van der Waals surface area contributed by atoms with Gasteiger partial charge in [0.05, 0.1) is 17.7 Å². The molecular formula is C8H12N2O4S. The summed E-state index contributed by atoms with van der Waals surface area (Å²) < 4.78 is 29.8. The summed E-state index contributed by atoms with van der Waals surface area (Å²) in [5.74, 6) is -1.00. The van der Waals surface area contributed by atoms with Crippen LogP contribution in [0.5, 0.6) is 0 Å². The summed E-state index contributed by atoms with van der Waals surface area (Å²) in [6.45, 7) is 0. The van der Waals surface area contributed by atoms with E-state index in [9.17, 15) is 13.2 Å². The summed E-state index contributed by atoms with van der Waals surface area (Å²) >= 11 is 0. The van der Waals surface area contributed by atoms with Crippen molar-refractivity contribution in [2.75, 3.05) is 5.75 Å². The normalized spacial score (nSPS) is 24.6. The Hall–Kier alpha value is -1.21. The molecule has 0 aromatic carbocycles. The summed E-state index contributed by atoms with van der Waals surface area (Å²) in [5.41, 5.74) is 4.14. The topological polar surface area (TPSA) is 110 Å². The minimum absolute atomic E-state index is 0.0434. The lowest BCUT2D eigenvalue weighted by Gasteiger charge is -2.21. The molecule has 7 heteroatoms. The number of hydrogen-bond acceptors (Lipinski definition) is 4. The maximum atomic E-state index is 10.8. The Labute approximate surface area is 87.6 Å². The number of hydrogen-bond donors (Lipinski definition) is 2. The number of allylic oxidation sites excluding steroid dienone is 1. The zero-order valence-electron chi connectivity index (χ0n) is 7.96. The van der Waals surface area contributed by atoms with Crippen molar-refractivity contribution in [3.05, 3.63) is 12.2 Å². The van der Waals surface area contributed by atoms with Gasteiger partial charge in [0.15, 0.2) is 0 Å². The van der Waals surface area contributed by atoms with E-state index in [1.807, 2.05) is 0 Å². The van der Waals surface area contributed by atoms with E-state index >= 15 is 0 Å². The van der Waals surface area contributed by atoms with Crippen LogP contribution in [0.25, 0.3) is 0 Å². The number of nitrogens with zero attached hydrogens (tertiary/aromatic N) is 1. The lowest BCUT2D eigenvalue weighted by atomic mass is 9.93. The molecule has 1 unspecified atom stereocenters. The first-order chi connectivity index (χ1) is 6.83. The largest absolute Gasteiger partial charge is 0.370 e. The number of carbonyl (C=O) groups is 1. The summed E-state index contributed by atoms with van der Waals surface area (Å²) in [6, 6.07) is 0. The number of amides is 1. The molecule has 1 rings (SSSR count). The standard InChI is InChI=1S/C8H12N2O4S/c9-7(11)6-8(2-1-4-10-8)3-5-15(12,13)14/h1-2,4H,3,5-6H2,(H2,9,11)(H,12,13,14). The van der Waals surface area contributed by atoms with Crippen molar-refractivity contribution in [3.8, 4) is 0 Å². The van der Waals surface area contributed by atoms with Gasteiger partial charge in [-0.05, 0) is 12.5 Å². The summed E-state index contributed by atoms with van der Waals surface area (Å²) in [4.78, 5) is 14.8. The highest BCUT2D eigenvalue weighted by Crippen LogP contribution is 2.25. The van der Waals surface area contributed by atoms with Crippen LogP contribution in [-0.4, -0.2) is 36.4 Å². The van der Waals surface area contributed by atoms with Crippen molar-refractivity contribution >= 4 is 22.2 Å². The van der Waals surface area contributed by atoms with Gasteiger partial charge in [0.1, 0.15) is 0 Å². The highest BCUT2D eigenvalue weighted by atomic mass is 32.2. The fourth-order valence-corrected chi connectivity index (χ4v) is 2.02. The van der Waals surface area contributed by atoms with Crippen LogP contribution in [0.2, 0.25) is 0 Å². The first-order valence-electron chi connectivity index (χ1n) is 4.30. The third-order valence-electron chi connectivity index (χ3n) is 2.10. The number of nitrogens with two attached hydrogens (primary N) is 1. The van der Waals surface area contributed by atoms with Crippen molar-refractivity contribution < 1.29 is 17.8 Å². The molecule has 0 saturated heterocycles. The molecule has 84 valence electrons. The van der Waals surface area contributed by atoms with Crippen molar-refractivity contribution in [2.24, 2.45) is 10.7 Å². The molecule has 1 amide bonds. The molecule has 1 heterocycles. The molecule has 0 radical (unpaired) electrons. The van der Waals surface area contributed by atoms with Gasteiger partial charge in [-0.25, -0.2) is 0 Å². The van der Waals surface area contributed by atoms with Gasteiger partial charge in [-0.2, -0.15) is 8.42 Å². The predicted molar refractivity (Wildman–Crippen MR) is 55.2 cm³/mol. The molecule has 0 spiro atoms. The minimum atomic E-state index is -4.05. The predicted octanol–water partition coefficient (Wildman–Crippen LogP) is -0.481. The monoisotopic (exact) mass is 232 g/mol. The van der Waals surface area contributed by atoms with Gasteiger partial charge < -0.3 is 5.73 Å². The van der Waals surface area contributed by atoms with Crippen molar-refractivity contribution in [3.63, 3.8) is 0 Å². The van der Waals surface area contributed by atoms with Crippen LogP contribution in [0, 0.1) is 0 Å². The van der Waals surface area contributed by atoms with Gasteiger partial charge in [-0.3, -0.25) is 14.3 Å². The van der Waals surface area contributed by atoms with E-state index in [0.717, 1.165) is 0 Å². The molecule has 1 aliphatic heterocycles. The maximum Gasteiger partial charge on any atom is 0.264 e. The lowest BCUT2D eigenvalue weighted by molar-refractivity contribution is -0.118. The van der Waals surface area contributed by atoms with Gasteiger partial charge in [-0.1, -0.05) is 6.08 Å². The smallest absolute Gasteiger partial charge is 0.264 e. The Kier molecular flexibility index (Phi) is 3.25. The zero-order valence-corrected chi connectivity index (χ0v) is 8.77. The molecule has 1 aliphatic rings.